The van der Waals surface area contributed by atoms with Crippen LogP contribution < -0.4 is 10.1 Å². The first-order valence-corrected chi connectivity index (χ1v) is 7.49. The largest absolute Gasteiger partial charge is 0.452 e. The van der Waals surface area contributed by atoms with Crippen LogP contribution in [0.2, 0.25) is 0 Å². The third kappa shape index (κ3) is 5.87. The number of amides is 1. The van der Waals surface area contributed by atoms with E-state index >= 15 is 0 Å². The quantitative estimate of drug-likeness (QED) is 0.781. The maximum atomic E-state index is 12.3. The summed E-state index contributed by atoms with van der Waals surface area (Å²) in [6, 6.07) is 13.0. The number of hydrogen-bond donors (Lipinski definition) is 1. The highest BCUT2D eigenvalue weighted by molar-refractivity contribution is 5.93. The van der Waals surface area contributed by atoms with Crippen LogP contribution in [0, 0.1) is 6.92 Å². The lowest BCUT2D eigenvalue weighted by Crippen LogP contribution is -2.28. The van der Waals surface area contributed by atoms with Gasteiger partial charge < -0.3 is 14.8 Å². The second-order valence-corrected chi connectivity index (χ2v) is 5.21. The van der Waals surface area contributed by atoms with E-state index in [1.165, 1.54) is 24.3 Å². The van der Waals surface area contributed by atoms with Crippen LogP contribution in [0.25, 0.3) is 0 Å². The average Bonchev–Trinajstić information content (AvgIpc) is 2.59. The molecule has 7 heteroatoms. The molecule has 0 aromatic heterocycles. The maximum absolute atomic E-state index is 12.3. The number of halogens is 2. The van der Waals surface area contributed by atoms with Crippen LogP contribution in [-0.2, 0) is 16.1 Å². The molecule has 0 radical (unpaired) electrons. The van der Waals surface area contributed by atoms with E-state index in [2.05, 4.69) is 10.1 Å². The van der Waals surface area contributed by atoms with Crippen molar-refractivity contribution >= 4 is 11.9 Å². The van der Waals surface area contributed by atoms with Gasteiger partial charge in [-0.15, -0.1) is 0 Å². The molecule has 0 bridgehead atoms. The molecule has 0 aliphatic heterocycles. The van der Waals surface area contributed by atoms with Crippen LogP contribution in [0.1, 0.15) is 21.5 Å². The summed E-state index contributed by atoms with van der Waals surface area (Å²) in [5.74, 6) is -1.72. The molecular formula is C18H17F2NO4. The van der Waals surface area contributed by atoms with Crippen molar-refractivity contribution < 1.29 is 27.8 Å². The van der Waals surface area contributed by atoms with Gasteiger partial charge in [-0.25, -0.2) is 4.79 Å². The molecule has 5 nitrogen and oxygen atoms in total. The van der Waals surface area contributed by atoms with Crippen molar-refractivity contribution in [2.45, 2.75) is 20.1 Å². The molecule has 0 aliphatic rings. The van der Waals surface area contributed by atoms with Crippen LogP contribution >= 0.6 is 0 Å². The van der Waals surface area contributed by atoms with Crippen molar-refractivity contribution in [3.8, 4) is 5.75 Å². The Kier molecular flexibility index (Phi) is 6.45. The fourth-order valence-corrected chi connectivity index (χ4v) is 2.00. The summed E-state index contributed by atoms with van der Waals surface area (Å²) in [4.78, 5) is 23.7. The molecule has 2 rings (SSSR count). The first-order valence-electron chi connectivity index (χ1n) is 7.49. The smallest absolute Gasteiger partial charge is 0.387 e. The Morgan fingerprint density at radius 3 is 2.44 bits per heavy atom. The zero-order valence-corrected chi connectivity index (χ0v) is 13.5. The van der Waals surface area contributed by atoms with Crippen molar-refractivity contribution in [1.29, 1.82) is 0 Å². The van der Waals surface area contributed by atoms with Crippen molar-refractivity contribution in [3.05, 3.63) is 65.2 Å². The first-order chi connectivity index (χ1) is 12.0. The minimum Gasteiger partial charge on any atom is -0.452 e. The Hall–Kier alpha value is -2.96. The molecule has 0 saturated heterocycles. The van der Waals surface area contributed by atoms with Gasteiger partial charge in [0.05, 0.1) is 0 Å². The van der Waals surface area contributed by atoms with E-state index in [-0.39, 0.29) is 11.3 Å². The van der Waals surface area contributed by atoms with E-state index in [0.29, 0.717) is 6.54 Å². The van der Waals surface area contributed by atoms with Gasteiger partial charge in [0.15, 0.2) is 6.61 Å². The minimum atomic E-state index is -3.06. The minimum absolute atomic E-state index is 0.172. The predicted molar refractivity (Wildman–Crippen MR) is 86.4 cm³/mol. The lowest BCUT2D eigenvalue weighted by atomic mass is 10.1. The van der Waals surface area contributed by atoms with Gasteiger partial charge in [-0.05, 0) is 24.6 Å². The monoisotopic (exact) mass is 349 g/mol. The second-order valence-electron chi connectivity index (χ2n) is 5.21. The summed E-state index contributed by atoms with van der Waals surface area (Å²) in [6.07, 6.45) is 0. The second kappa shape index (κ2) is 8.77. The number of nitrogens with one attached hydrogen (secondary N) is 1. The SMILES string of the molecule is Cc1ccc(CNC(=O)COC(=O)c2ccccc2OC(F)F)cc1. The van der Waals surface area contributed by atoms with E-state index in [0.717, 1.165) is 11.1 Å². The number of aryl methyl sites for hydroxylation is 1. The third-order valence-electron chi connectivity index (χ3n) is 3.27. The van der Waals surface area contributed by atoms with Gasteiger partial charge in [0.1, 0.15) is 11.3 Å². The van der Waals surface area contributed by atoms with Crippen molar-refractivity contribution in [2.24, 2.45) is 0 Å². The maximum Gasteiger partial charge on any atom is 0.387 e. The Labute approximate surface area is 143 Å². The van der Waals surface area contributed by atoms with Crippen LogP contribution in [-0.4, -0.2) is 25.1 Å². The number of para-hydroxylation sites is 1. The highest BCUT2D eigenvalue weighted by atomic mass is 19.3. The van der Waals surface area contributed by atoms with Crippen LogP contribution in [0.5, 0.6) is 5.75 Å². The topological polar surface area (TPSA) is 64.6 Å². The van der Waals surface area contributed by atoms with Crippen molar-refractivity contribution in [3.63, 3.8) is 0 Å². The molecule has 1 amide bonds. The van der Waals surface area contributed by atoms with E-state index < -0.39 is 25.1 Å². The summed E-state index contributed by atoms with van der Waals surface area (Å²) >= 11 is 0. The lowest BCUT2D eigenvalue weighted by Gasteiger charge is -2.10. The zero-order chi connectivity index (χ0) is 18.2. The van der Waals surface area contributed by atoms with Gasteiger partial charge >= 0.3 is 12.6 Å². The molecule has 1 N–H and O–H groups in total. The molecular weight excluding hydrogens is 332 g/mol. The van der Waals surface area contributed by atoms with Crippen molar-refractivity contribution in [1.82, 2.24) is 5.32 Å². The first kappa shape index (κ1) is 18.4. The van der Waals surface area contributed by atoms with E-state index in [1.807, 2.05) is 31.2 Å². The molecule has 0 atom stereocenters. The van der Waals surface area contributed by atoms with E-state index in [9.17, 15) is 18.4 Å². The molecule has 0 fully saturated rings. The molecule has 0 spiro atoms. The number of carbonyl (C=O) groups is 2. The van der Waals surface area contributed by atoms with Gasteiger partial charge in [-0.1, -0.05) is 42.0 Å². The average molecular weight is 349 g/mol. The summed E-state index contributed by atoms with van der Waals surface area (Å²) in [6.45, 7) is -1.33. The number of ether oxygens (including phenoxy) is 2. The highest BCUT2D eigenvalue weighted by Gasteiger charge is 2.17. The number of rotatable bonds is 7. The van der Waals surface area contributed by atoms with E-state index in [4.69, 9.17) is 4.74 Å². The molecule has 0 heterocycles. The number of hydrogen-bond acceptors (Lipinski definition) is 4. The zero-order valence-electron chi connectivity index (χ0n) is 13.5. The summed E-state index contributed by atoms with van der Waals surface area (Å²) in [7, 11) is 0. The van der Waals surface area contributed by atoms with Crippen LogP contribution in [0.3, 0.4) is 0 Å². The van der Waals surface area contributed by atoms with E-state index in [1.54, 1.807) is 0 Å². The third-order valence-corrected chi connectivity index (χ3v) is 3.27. The Bertz CT molecular complexity index is 732. The Balaban J connectivity index is 1.85. The van der Waals surface area contributed by atoms with Gasteiger partial charge in [0.2, 0.25) is 0 Å². The number of benzene rings is 2. The van der Waals surface area contributed by atoms with Crippen molar-refractivity contribution in [2.75, 3.05) is 6.61 Å². The standard InChI is InChI=1S/C18H17F2NO4/c1-12-6-8-13(9-7-12)10-21-16(22)11-24-17(23)14-4-2-3-5-15(14)25-18(19)20/h2-9,18H,10-11H2,1H3,(H,21,22). The molecule has 0 unspecified atom stereocenters. The fraction of sp³-hybridized carbons (Fsp3) is 0.222. The molecule has 25 heavy (non-hydrogen) atoms. The van der Waals surface area contributed by atoms with Crippen LogP contribution in [0.15, 0.2) is 48.5 Å². The predicted octanol–water partition coefficient (Wildman–Crippen LogP) is 3.07. The normalized spacial score (nSPS) is 10.4. The Morgan fingerprint density at radius 1 is 1.08 bits per heavy atom. The molecule has 0 saturated carbocycles. The molecule has 132 valence electrons. The fourth-order valence-electron chi connectivity index (χ4n) is 2.00. The van der Waals surface area contributed by atoms with Gasteiger partial charge in [0, 0.05) is 6.54 Å². The summed E-state index contributed by atoms with van der Waals surface area (Å²) in [5.41, 5.74) is 1.84. The Morgan fingerprint density at radius 2 is 1.76 bits per heavy atom. The molecule has 2 aromatic carbocycles. The summed E-state index contributed by atoms with van der Waals surface area (Å²) in [5, 5.41) is 2.60. The number of esters is 1. The summed E-state index contributed by atoms with van der Waals surface area (Å²) < 4.78 is 33.7. The van der Waals surface area contributed by atoms with Gasteiger partial charge in [-0.3, -0.25) is 4.79 Å². The van der Waals surface area contributed by atoms with Crippen LogP contribution in [0.4, 0.5) is 8.78 Å². The molecule has 0 aliphatic carbocycles. The number of carbonyl (C=O) groups excluding carboxylic acids is 2. The number of alkyl halides is 2. The van der Waals surface area contributed by atoms with Gasteiger partial charge in [0.25, 0.3) is 5.91 Å². The van der Waals surface area contributed by atoms with Gasteiger partial charge in [-0.2, -0.15) is 8.78 Å². The lowest BCUT2D eigenvalue weighted by molar-refractivity contribution is -0.124. The highest BCUT2D eigenvalue weighted by Crippen LogP contribution is 2.21. The molecule has 2 aromatic rings.